The molecule has 2 aromatic rings. The van der Waals surface area contributed by atoms with Gasteiger partial charge in [-0.25, -0.2) is 0 Å². The minimum absolute atomic E-state index is 0.254. The number of aryl methyl sites for hydroxylation is 1. The van der Waals surface area contributed by atoms with E-state index in [1.54, 1.807) is 17.5 Å². The van der Waals surface area contributed by atoms with Gasteiger partial charge in [0.1, 0.15) is 15.9 Å². The Hall–Kier alpha value is -1.71. The number of nitrogens with one attached hydrogen (secondary N) is 1. The van der Waals surface area contributed by atoms with Crippen LogP contribution in [0.2, 0.25) is 0 Å². The van der Waals surface area contributed by atoms with Crippen molar-refractivity contribution in [2.45, 2.75) is 6.92 Å². The summed E-state index contributed by atoms with van der Waals surface area (Å²) < 4.78 is 4.06. The van der Waals surface area contributed by atoms with Crippen LogP contribution >= 0.6 is 22.9 Å². The fourth-order valence-electron chi connectivity index (χ4n) is 1.16. The van der Waals surface area contributed by atoms with Crippen molar-refractivity contribution in [3.63, 3.8) is 0 Å². The molecule has 0 fully saturated rings. The molecular weight excluding hydrogens is 242 g/mol. The first-order chi connectivity index (χ1) is 7.70. The lowest BCUT2D eigenvalue weighted by molar-refractivity contribution is 0.103. The van der Waals surface area contributed by atoms with Gasteiger partial charge >= 0.3 is 0 Å². The first-order valence-electron chi connectivity index (χ1n) is 4.43. The fourth-order valence-corrected chi connectivity index (χ4v) is 2.56. The lowest BCUT2D eigenvalue weighted by Crippen LogP contribution is -2.10. The Morgan fingerprint density at radius 3 is 3.06 bits per heavy atom. The Morgan fingerprint density at radius 2 is 2.44 bits per heavy atom. The molecule has 16 heavy (non-hydrogen) atoms. The van der Waals surface area contributed by atoms with Crippen LogP contribution in [-0.2, 0) is 0 Å². The molecule has 2 aromatic heterocycles. The second kappa shape index (κ2) is 4.43. The van der Waals surface area contributed by atoms with Crippen molar-refractivity contribution >= 4 is 33.8 Å². The predicted octanol–water partition coefficient (Wildman–Crippen LogP) is 2.64. The van der Waals surface area contributed by atoms with Gasteiger partial charge in [-0.3, -0.25) is 4.79 Å². The van der Waals surface area contributed by atoms with Crippen LogP contribution in [0.3, 0.4) is 0 Å². The van der Waals surface area contributed by atoms with Gasteiger partial charge in [0, 0.05) is 0 Å². The summed E-state index contributed by atoms with van der Waals surface area (Å²) in [7, 11) is 0. The van der Waals surface area contributed by atoms with E-state index in [4.69, 9.17) is 5.26 Å². The topological polar surface area (TPSA) is 65.8 Å². The van der Waals surface area contributed by atoms with Crippen LogP contribution in [0.4, 0.5) is 5.00 Å². The van der Waals surface area contributed by atoms with Crippen LogP contribution in [-0.4, -0.2) is 10.3 Å². The molecule has 2 rings (SSSR count). The molecule has 0 aromatic carbocycles. The highest BCUT2D eigenvalue weighted by Crippen LogP contribution is 2.20. The molecule has 1 N–H and O–H groups in total. The number of nitriles is 1. The normalized spacial score (nSPS) is 9.75. The van der Waals surface area contributed by atoms with Gasteiger partial charge in [0.15, 0.2) is 0 Å². The van der Waals surface area contributed by atoms with Crippen molar-refractivity contribution in [2.24, 2.45) is 0 Å². The van der Waals surface area contributed by atoms with E-state index in [1.165, 1.54) is 22.9 Å². The highest BCUT2D eigenvalue weighted by molar-refractivity contribution is 7.13. The molecule has 4 nitrogen and oxygen atoms in total. The second-order valence-corrected chi connectivity index (χ2v) is 4.78. The van der Waals surface area contributed by atoms with Crippen LogP contribution in [0.1, 0.15) is 20.9 Å². The van der Waals surface area contributed by atoms with Crippen molar-refractivity contribution in [3.8, 4) is 6.07 Å². The van der Waals surface area contributed by atoms with Gasteiger partial charge in [-0.2, -0.15) is 9.64 Å². The van der Waals surface area contributed by atoms with E-state index in [2.05, 4.69) is 9.69 Å². The molecule has 0 spiro atoms. The van der Waals surface area contributed by atoms with Gasteiger partial charge in [-0.05, 0) is 36.0 Å². The molecule has 0 unspecified atom stereocenters. The summed E-state index contributed by atoms with van der Waals surface area (Å²) in [4.78, 5) is 12.2. The number of nitrogens with zero attached hydrogens (tertiary/aromatic N) is 2. The summed E-state index contributed by atoms with van der Waals surface area (Å²) in [5.74, 6) is -0.254. The largest absolute Gasteiger partial charge is 0.312 e. The standard InChI is InChI=1S/C10H7N3OS2/c1-6-4-8(16-13-6)12-10(14)9-7(5-11)2-3-15-9/h2-4H,1H3,(H,12,14). The monoisotopic (exact) mass is 249 g/mol. The summed E-state index contributed by atoms with van der Waals surface area (Å²) in [6.45, 7) is 1.86. The number of anilines is 1. The Bertz CT molecular complexity index is 565. The van der Waals surface area contributed by atoms with E-state index in [9.17, 15) is 4.79 Å². The maximum atomic E-state index is 11.8. The van der Waals surface area contributed by atoms with E-state index in [1.807, 2.05) is 13.0 Å². The van der Waals surface area contributed by atoms with Gasteiger partial charge in [-0.15, -0.1) is 11.3 Å². The molecule has 80 valence electrons. The van der Waals surface area contributed by atoms with Gasteiger partial charge in [0.2, 0.25) is 0 Å². The molecular formula is C10H7N3OS2. The number of rotatable bonds is 2. The lowest BCUT2D eigenvalue weighted by Gasteiger charge is -1.98. The summed E-state index contributed by atoms with van der Waals surface area (Å²) in [6, 6.07) is 5.42. The molecule has 0 saturated heterocycles. The van der Waals surface area contributed by atoms with Crippen LogP contribution in [0.25, 0.3) is 0 Å². The number of carbonyl (C=O) groups excluding carboxylic acids is 1. The molecule has 0 radical (unpaired) electrons. The van der Waals surface area contributed by atoms with Gasteiger partial charge < -0.3 is 5.32 Å². The minimum Gasteiger partial charge on any atom is -0.312 e. The molecule has 0 bridgehead atoms. The first kappa shape index (κ1) is 10.8. The van der Waals surface area contributed by atoms with Crippen molar-refractivity contribution in [1.29, 1.82) is 5.26 Å². The third-order valence-corrected chi connectivity index (χ3v) is 3.57. The van der Waals surface area contributed by atoms with Gasteiger partial charge in [0.05, 0.1) is 11.3 Å². The quantitative estimate of drug-likeness (QED) is 0.889. The van der Waals surface area contributed by atoms with Crippen molar-refractivity contribution in [2.75, 3.05) is 5.32 Å². The number of thiophene rings is 1. The van der Waals surface area contributed by atoms with E-state index in [0.717, 1.165) is 5.69 Å². The molecule has 0 saturated carbocycles. The Labute approximate surface area is 100 Å². The number of aromatic nitrogens is 1. The minimum atomic E-state index is -0.254. The maximum absolute atomic E-state index is 11.8. The first-order valence-corrected chi connectivity index (χ1v) is 6.08. The van der Waals surface area contributed by atoms with Gasteiger partial charge in [0.25, 0.3) is 5.91 Å². The summed E-state index contributed by atoms with van der Waals surface area (Å²) in [5.41, 5.74) is 1.27. The second-order valence-electron chi connectivity index (χ2n) is 3.06. The molecule has 2 heterocycles. The number of amides is 1. The Balaban J connectivity index is 2.18. The summed E-state index contributed by atoms with van der Waals surface area (Å²) in [5, 5.41) is 13.9. The third-order valence-electron chi connectivity index (χ3n) is 1.86. The molecule has 0 aliphatic carbocycles. The molecule has 6 heteroatoms. The molecule has 0 aliphatic rings. The molecule has 1 amide bonds. The van der Waals surface area contributed by atoms with Crippen molar-refractivity contribution in [3.05, 3.63) is 33.6 Å². The average molecular weight is 249 g/mol. The third kappa shape index (κ3) is 2.10. The highest BCUT2D eigenvalue weighted by atomic mass is 32.1. The SMILES string of the molecule is Cc1cc(NC(=O)c2sccc2C#N)sn1. The van der Waals surface area contributed by atoms with Crippen LogP contribution in [0.5, 0.6) is 0 Å². The molecule has 0 aliphatic heterocycles. The number of carbonyl (C=O) groups is 1. The fraction of sp³-hybridized carbons (Fsp3) is 0.100. The zero-order valence-corrected chi connectivity index (χ0v) is 9.98. The van der Waals surface area contributed by atoms with Crippen LogP contribution < -0.4 is 5.32 Å². The number of hydrogen-bond donors (Lipinski definition) is 1. The van der Waals surface area contributed by atoms with E-state index < -0.39 is 0 Å². The smallest absolute Gasteiger partial charge is 0.267 e. The predicted molar refractivity (Wildman–Crippen MR) is 63.8 cm³/mol. The average Bonchev–Trinajstić information content (AvgIpc) is 2.86. The summed E-state index contributed by atoms with van der Waals surface area (Å²) in [6.07, 6.45) is 0. The Kier molecular flexibility index (Phi) is 2.99. The van der Waals surface area contributed by atoms with Crippen LogP contribution in [0.15, 0.2) is 17.5 Å². The van der Waals surface area contributed by atoms with Crippen LogP contribution in [0, 0.1) is 18.3 Å². The molecule has 0 atom stereocenters. The van der Waals surface area contributed by atoms with E-state index in [-0.39, 0.29) is 5.91 Å². The van der Waals surface area contributed by atoms with Crippen molar-refractivity contribution < 1.29 is 4.79 Å². The summed E-state index contributed by atoms with van der Waals surface area (Å²) >= 11 is 2.49. The van der Waals surface area contributed by atoms with Gasteiger partial charge in [-0.1, -0.05) is 0 Å². The van der Waals surface area contributed by atoms with Crippen molar-refractivity contribution in [1.82, 2.24) is 4.37 Å². The zero-order chi connectivity index (χ0) is 11.5. The highest BCUT2D eigenvalue weighted by Gasteiger charge is 2.13. The van der Waals surface area contributed by atoms with E-state index >= 15 is 0 Å². The number of hydrogen-bond acceptors (Lipinski definition) is 5. The zero-order valence-electron chi connectivity index (χ0n) is 8.35. The van der Waals surface area contributed by atoms with E-state index in [0.29, 0.717) is 15.4 Å². The lowest BCUT2D eigenvalue weighted by atomic mass is 10.3. The maximum Gasteiger partial charge on any atom is 0.267 e. The Morgan fingerprint density at radius 1 is 1.62 bits per heavy atom.